The molecule has 7 aromatic rings. The van der Waals surface area contributed by atoms with Gasteiger partial charge in [-0.25, -0.2) is 0 Å². The summed E-state index contributed by atoms with van der Waals surface area (Å²) >= 11 is 0. The number of hydrogen-bond acceptors (Lipinski definition) is 3. The predicted octanol–water partition coefficient (Wildman–Crippen LogP) is 9.05. The van der Waals surface area contributed by atoms with Crippen LogP contribution >= 0.6 is 0 Å². The van der Waals surface area contributed by atoms with Gasteiger partial charge in [0.2, 0.25) is 0 Å². The lowest BCUT2D eigenvalue weighted by atomic mass is 9.86. The Morgan fingerprint density at radius 1 is 0.487 bits per heavy atom. The van der Waals surface area contributed by atoms with E-state index >= 15 is 0 Å². The highest BCUT2D eigenvalue weighted by atomic mass is 16.3. The average Bonchev–Trinajstić information content (AvgIpc) is 3.02. The summed E-state index contributed by atoms with van der Waals surface area (Å²) in [6, 6.07) is 38.7. The lowest BCUT2D eigenvalue weighted by Crippen LogP contribution is -2.03. The van der Waals surface area contributed by atoms with Crippen molar-refractivity contribution in [2.75, 3.05) is 0 Å². The lowest BCUT2D eigenvalue weighted by Gasteiger charge is -2.19. The molecule has 8 rings (SSSR count). The van der Waals surface area contributed by atoms with Crippen LogP contribution in [0.1, 0.15) is 24.0 Å². The zero-order valence-electron chi connectivity index (χ0n) is 21.8. The summed E-state index contributed by atoms with van der Waals surface area (Å²) in [5.74, 6) is 0.405. The second kappa shape index (κ2) is 11.3. The monoisotopic (exact) mass is 506 g/mol. The van der Waals surface area contributed by atoms with Gasteiger partial charge in [0, 0.05) is 28.6 Å². The third-order valence-electron chi connectivity index (χ3n) is 7.38. The van der Waals surface area contributed by atoms with Crippen molar-refractivity contribution in [1.29, 1.82) is 0 Å². The highest BCUT2D eigenvalue weighted by Crippen LogP contribution is 2.37. The Kier molecular flexibility index (Phi) is 7.13. The van der Waals surface area contributed by atoms with E-state index in [2.05, 4.69) is 52.4 Å². The van der Waals surface area contributed by atoms with Crippen molar-refractivity contribution in [2.45, 2.75) is 25.7 Å². The maximum atomic E-state index is 10.3. The number of aromatic nitrogens is 2. The standard InChI is InChI=1S/C18H16O.2C9H7N/c19-18-11-17-13-6-2-1-5-12(13)9-10-15(17)14-7-3-4-8-16(14)18;2*1-2-6-9-8(4-1)5-3-7-10-9/h3-4,7-11,19H,1-2,5-6H2;2*1-7H. The summed E-state index contributed by atoms with van der Waals surface area (Å²) in [5.41, 5.74) is 5.04. The molecule has 0 aliphatic heterocycles. The van der Waals surface area contributed by atoms with Crippen molar-refractivity contribution in [3.8, 4) is 5.75 Å². The van der Waals surface area contributed by atoms with E-state index in [1.165, 1.54) is 51.9 Å². The number of nitrogens with zero attached hydrogens (tertiary/aromatic N) is 2. The number of hydrogen-bond donors (Lipinski definition) is 1. The second-order valence-electron chi connectivity index (χ2n) is 9.84. The summed E-state index contributed by atoms with van der Waals surface area (Å²) in [5, 5.41) is 17.3. The van der Waals surface area contributed by atoms with E-state index < -0.39 is 0 Å². The Bertz CT molecular complexity index is 1690. The molecule has 0 bridgehead atoms. The molecule has 0 fully saturated rings. The van der Waals surface area contributed by atoms with Gasteiger partial charge in [0.05, 0.1) is 11.0 Å². The van der Waals surface area contributed by atoms with Gasteiger partial charge < -0.3 is 5.11 Å². The highest BCUT2D eigenvalue weighted by Gasteiger charge is 2.14. The van der Waals surface area contributed by atoms with Gasteiger partial charge in [-0.05, 0) is 83.3 Å². The van der Waals surface area contributed by atoms with Gasteiger partial charge in [0.1, 0.15) is 5.75 Å². The number of benzene rings is 5. The topological polar surface area (TPSA) is 46.0 Å². The first-order valence-corrected chi connectivity index (χ1v) is 13.5. The minimum atomic E-state index is 0.405. The molecular formula is C36H30N2O. The number of para-hydroxylation sites is 2. The van der Waals surface area contributed by atoms with Gasteiger partial charge in [-0.3, -0.25) is 9.97 Å². The number of phenols is 1. The summed E-state index contributed by atoms with van der Waals surface area (Å²) in [6.45, 7) is 0. The summed E-state index contributed by atoms with van der Waals surface area (Å²) < 4.78 is 0. The SMILES string of the molecule is Oc1cc2c3c(ccc2c2ccccc12)CCCC3.c1ccc2ncccc2c1.c1ccc2ncccc2c1. The van der Waals surface area contributed by atoms with E-state index in [9.17, 15) is 5.11 Å². The molecule has 190 valence electrons. The molecule has 0 saturated heterocycles. The average molecular weight is 507 g/mol. The molecule has 3 heteroatoms. The van der Waals surface area contributed by atoms with Crippen LogP contribution in [-0.2, 0) is 12.8 Å². The molecule has 2 heterocycles. The third kappa shape index (κ3) is 5.30. The van der Waals surface area contributed by atoms with Crippen LogP contribution in [-0.4, -0.2) is 15.1 Å². The minimum absolute atomic E-state index is 0.405. The molecule has 0 spiro atoms. The van der Waals surface area contributed by atoms with E-state index in [0.29, 0.717) is 5.75 Å². The van der Waals surface area contributed by atoms with E-state index in [1.807, 2.05) is 85.2 Å². The van der Waals surface area contributed by atoms with Gasteiger partial charge >= 0.3 is 0 Å². The maximum Gasteiger partial charge on any atom is 0.124 e. The van der Waals surface area contributed by atoms with Gasteiger partial charge in [-0.15, -0.1) is 0 Å². The van der Waals surface area contributed by atoms with Crippen molar-refractivity contribution < 1.29 is 5.11 Å². The fraction of sp³-hybridized carbons (Fsp3) is 0.111. The van der Waals surface area contributed by atoms with Crippen LogP contribution in [0.25, 0.3) is 43.4 Å². The lowest BCUT2D eigenvalue weighted by molar-refractivity contribution is 0.482. The normalized spacial score (nSPS) is 12.3. The molecule has 0 atom stereocenters. The maximum absolute atomic E-state index is 10.3. The number of phenolic OH excluding ortho intramolecular Hbond substituents is 1. The molecule has 0 amide bonds. The second-order valence-corrected chi connectivity index (χ2v) is 9.84. The molecule has 0 saturated carbocycles. The van der Waals surface area contributed by atoms with Crippen LogP contribution in [0.2, 0.25) is 0 Å². The summed E-state index contributed by atoms with van der Waals surface area (Å²) in [4.78, 5) is 8.36. The van der Waals surface area contributed by atoms with Gasteiger partial charge in [0.25, 0.3) is 0 Å². The fourth-order valence-electron chi connectivity index (χ4n) is 5.44. The van der Waals surface area contributed by atoms with Crippen LogP contribution in [0.4, 0.5) is 0 Å². The molecule has 3 nitrogen and oxygen atoms in total. The van der Waals surface area contributed by atoms with Crippen molar-refractivity contribution in [3.63, 3.8) is 0 Å². The van der Waals surface area contributed by atoms with Gasteiger partial charge in [0.15, 0.2) is 0 Å². The Labute approximate surface area is 228 Å². The summed E-state index contributed by atoms with van der Waals surface area (Å²) in [6.07, 6.45) is 8.49. The van der Waals surface area contributed by atoms with Crippen LogP contribution in [0.15, 0.2) is 128 Å². The summed E-state index contributed by atoms with van der Waals surface area (Å²) in [7, 11) is 0. The predicted molar refractivity (Wildman–Crippen MR) is 163 cm³/mol. The Hall–Kier alpha value is -4.76. The van der Waals surface area contributed by atoms with Crippen molar-refractivity contribution in [2.24, 2.45) is 0 Å². The van der Waals surface area contributed by atoms with Gasteiger partial charge in [-0.1, -0.05) is 84.9 Å². The number of fused-ring (bicyclic) bond motifs is 7. The Morgan fingerprint density at radius 2 is 1.03 bits per heavy atom. The molecule has 0 unspecified atom stereocenters. The molecule has 1 aliphatic carbocycles. The first-order chi connectivity index (χ1) is 19.3. The van der Waals surface area contributed by atoms with E-state index in [-0.39, 0.29) is 0 Å². The van der Waals surface area contributed by atoms with Crippen LogP contribution < -0.4 is 0 Å². The Morgan fingerprint density at radius 3 is 1.69 bits per heavy atom. The molecule has 0 radical (unpaired) electrons. The molecule has 5 aromatic carbocycles. The minimum Gasteiger partial charge on any atom is -0.507 e. The fourth-order valence-corrected chi connectivity index (χ4v) is 5.44. The molecule has 1 N–H and O–H groups in total. The number of aromatic hydroxyl groups is 1. The number of pyridine rings is 2. The molecular weight excluding hydrogens is 476 g/mol. The number of aryl methyl sites for hydroxylation is 2. The zero-order valence-corrected chi connectivity index (χ0v) is 21.8. The van der Waals surface area contributed by atoms with Crippen molar-refractivity contribution in [1.82, 2.24) is 9.97 Å². The van der Waals surface area contributed by atoms with Crippen molar-refractivity contribution in [3.05, 3.63) is 139 Å². The number of rotatable bonds is 0. The smallest absolute Gasteiger partial charge is 0.124 e. The first-order valence-electron chi connectivity index (χ1n) is 13.5. The largest absolute Gasteiger partial charge is 0.507 e. The molecule has 39 heavy (non-hydrogen) atoms. The van der Waals surface area contributed by atoms with E-state index in [0.717, 1.165) is 28.2 Å². The van der Waals surface area contributed by atoms with E-state index in [4.69, 9.17) is 0 Å². The zero-order chi connectivity index (χ0) is 26.4. The quantitative estimate of drug-likeness (QED) is 0.209. The first kappa shape index (κ1) is 24.6. The van der Waals surface area contributed by atoms with Crippen LogP contribution in [0.3, 0.4) is 0 Å². The van der Waals surface area contributed by atoms with Gasteiger partial charge in [-0.2, -0.15) is 0 Å². The Balaban J connectivity index is 0.000000117. The van der Waals surface area contributed by atoms with Crippen LogP contribution in [0.5, 0.6) is 5.75 Å². The third-order valence-corrected chi connectivity index (χ3v) is 7.38. The van der Waals surface area contributed by atoms with Crippen LogP contribution in [0, 0.1) is 0 Å². The molecule has 2 aromatic heterocycles. The van der Waals surface area contributed by atoms with Crippen molar-refractivity contribution >= 4 is 43.4 Å². The highest BCUT2D eigenvalue weighted by molar-refractivity contribution is 6.11. The molecule has 1 aliphatic rings. The van der Waals surface area contributed by atoms with E-state index in [1.54, 1.807) is 0 Å².